The summed E-state index contributed by atoms with van der Waals surface area (Å²) < 4.78 is 65.4. The van der Waals surface area contributed by atoms with Gasteiger partial charge >= 0.3 is 6.01 Å². The van der Waals surface area contributed by atoms with Gasteiger partial charge in [-0.05, 0) is 69.1 Å². The van der Waals surface area contributed by atoms with Crippen molar-refractivity contribution < 1.29 is 27.6 Å². The van der Waals surface area contributed by atoms with Crippen LogP contribution in [0.3, 0.4) is 0 Å². The number of aromatic hydroxyl groups is 1. The first kappa shape index (κ1) is 30.8. The average molecular weight is 650 g/mol. The van der Waals surface area contributed by atoms with Crippen LogP contribution in [0, 0.1) is 24.0 Å². The first-order valence-electron chi connectivity index (χ1n) is 15.6. The minimum absolute atomic E-state index is 0.0588. The normalized spacial score (nSPS) is 23.6. The number of rotatable bonds is 6. The first-order valence-corrected chi connectivity index (χ1v) is 18.2. The highest BCUT2D eigenvalue weighted by molar-refractivity contribution is 7.63. The van der Waals surface area contributed by atoms with E-state index >= 15 is 4.39 Å². The molecule has 46 heavy (non-hydrogen) atoms. The predicted molar refractivity (Wildman–Crippen MR) is 173 cm³/mol. The van der Waals surface area contributed by atoms with Gasteiger partial charge in [-0.15, -0.1) is 6.42 Å². The van der Waals surface area contributed by atoms with Crippen LogP contribution in [0.1, 0.15) is 37.7 Å². The van der Waals surface area contributed by atoms with Crippen LogP contribution in [0.15, 0.2) is 30.5 Å². The van der Waals surface area contributed by atoms with Crippen LogP contribution < -0.4 is 9.64 Å². The number of hydrogen-bond donors (Lipinski definition) is 1. The number of terminal acetylenes is 1. The van der Waals surface area contributed by atoms with E-state index in [1.54, 1.807) is 13.3 Å². The van der Waals surface area contributed by atoms with E-state index in [1.807, 2.05) is 4.90 Å². The SMILES string of the molecule is C#Cc1c(F)ccc2cc(O)cc(-c3ncc4c(N5CCCC(P(C)(C)=O)C5)nc(OC[C@@]56CCCN5C[C@H](F)C6)nc4c3F)c12. The number of pyridine rings is 1. The third kappa shape index (κ3) is 5.26. The lowest BCUT2D eigenvalue weighted by atomic mass is 9.95. The molecule has 8 nitrogen and oxygen atoms in total. The second kappa shape index (κ2) is 11.4. The van der Waals surface area contributed by atoms with E-state index in [2.05, 4.69) is 20.8 Å². The van der Waals surface area contributed by atoms with Crippen LogP contribution in [0.25, 0.3) is 32.9 Å². The van der Waals surface area contributed by atoms with Crippen molar-refractivity contribution in [1.29, 1.82) is 0 Å². The van der Waals surface area contributed by atoms with E-state index in [0.717, 1.165) is 32.2 Å². The molecule has 12 heteroatoms. The van der Waals surface area contributed by atoms with Crippen molar-refractivity contribution in [3.05, 3.63) is 47.7 Å². The van der Waals surface area contributed by atoms with Crippen LogP contribution in [-0.4, -0.2) is 88.4 Å². The van der Waals surface area contributed by atoms with Crippen molar-refractivity contribution in [3.8, 4) is 35.4 Å². The Morgan fingerprint density at radius 1 is 1.17 bits per heavy atom. The summed E-state index contributed by atoms with van der Waals surface area (Å²) in [5, 5.41) is 11.5. The fourth-order valence-corrected chi connectivity index (χ4v) is 8.96. The Kier molecular flexibility index (Phi) is 7.64. The number of anilines is 1. The van der Waals surface area contributed by atoms with Gasteiger partial charge in [-0.2, -0.15) is 9.97 Å². The van der Waals surface area contributed by atoms with Gasteiger partial charge < -0.3 is 19.3 Å². The molecule has 4 aromatic rings. The van der Waals surface area contributed by atoms with E-state index in [1.165, 1.54) is 30.5 Å². The molecule has 3 aliphatic heterocycles. The maximum absolute atomic E-state index is 16.8. The number of halogens is 3. The van der Waals surface area contributed by atoms with Crippen molar-refractivity contribution in [2.45, 2.75) is 49.5 Å². The maximum Gasteiger partial charge on any atom is 0.319 e. The number of hydrogen-bond acceptors (Lipinski definition) is 8. The monoisotopic (exact) mass is 649 g/mol. The molecule has 3 saturated heterocycles. The molecule has 0 saturated carbocycles. The minimum Gasteiger partial charge on any atom is -0.508 e. The Hall–Kier alpha value is -3.87. The van der Waals surface area contributed by atoms with Crippen molar-refractivity contribution in [1.82, 2.24) is 19.9 Å². The highest BCUT2D eigenvalue weighted by Crippen LogP contribution is 2.47. The summed E-state index contributed by atoms with van der Waals surface area (Å²) in [5.41, 5.74) is -0.745. The number of ether oxygens (including phenoxy) is 1. The molecule has 3 atom stereocenters. The van der Waals surface area contributed by atoms with Gasteiger partial charge in [0.25, 0.3) is 0 Å². The van der Waals surface area contributed by atoms with Gasteiger partial charge in [0.15, 0.2) is 5.82 Å². The summed E-state index contributed by atoms with van der Waals surface area (Å²) >= 11 is 0. The second-order valence-corrected chi connectivity index (χ2v) is 16.8. The van der Waals surface area contributed by atoms with Crippen LogP contribution >= 0.6 is 7.14 Å². The zero-order valence-electron chi connectivity index (χ0n) is 25.8. The minimum atomic E-state index is -2.43. The molecule has 0 spiro atoms. The van der Waals surface area contributed by atoms with E-state index in [0.29, 0.717) is 42.6 Å². The van der Waals surface area contributed by atoms with E-state index in [9.17, 15) is 18.5 Å². The molecular formula is C34H35F3N5O3P. The number of aromatic nitrogens is 3. The standard InChI is InChI=1S/C34H35F3N5O3P/c1-4-24-27(36)9-8-20-13-22(43)14-25(28(20)24)30-29(37)31-26(16-38-30)32(41-11-5-7-23(18-41)46(2,3)44)40-33(39-31)45-19-34-10-6-12-42(34)17-21(35)15-34/h1,8-9,13-14,16,21,23,43H,5-7,10-12,15,17-19H2,2-3H3/t21-,23?,34+/m1/s1. The molecule has 3 aliphatic rings. The quantitative estimate of drug-likeness (QED) is 0.191. The van der Waals surface area contributed by atoms with Crippen LogP contribution in [0.4, 0.5) is 19.0 Å². The number of fused-ring (bicyclic) bond motifs is 3. The summed E-state index contributed by atoms with van der Waals surface area (Å²) in [5.74, 6) is 1.11. The van der Waals surface area contributed by atoms with Gasteiger partial charge in [0.2, 0.25) is 0 Å². The van der Waals surface area contributed by atoms with E-state index < -0.39 is 30.5 Å². The summed E-state index contributed by atoms with van der Waals surface area (Å²) in [7, 11) is -2.43. The molecule has 0 bridgehead atoms. The van der Waals surface area contributed by atoms with Crippen molar-refractivity contribution >= 4 is 34.6 Å². The molecule has 240 valence electrons. The maximum atomic E-state index is 16.8. The van der Waals surface area contributed by atoms with Gasteiger partial charge in [0.1, 0.15) is 41.4 Å². The van der Waals surface area contributed by atoms with Gasteiger partial charge in [0.05, 0.1) is 23.6 Å². The molecule has 5 heterocycles. The number of piperidine rings is 1. The zero-order valence-corrected chi connectivity index (χ0v) is 26.7. The molecule has 2 aromatic carbocycles. The van der Waals surface area contributed by atoms with Crippen molar-refractivity contribution in [2.24, 2.45) is 0 Å². The lowest BCUT2D eigenvalue weighted by Gasteiger charge is -2.36. The molecule has 1 N–H and O–H groups in total. The molecule has 0 aliphatic carbocycles. The lowest BCUT2D eigenvalue weighted by molar-refractivity contribution is 0.107. The van der Waals surface area contributed by atoms with Gasteiger partial charge in [-0.1, -0.05) is 12.0 Å². The smallest absolute Gasteiger partial charge is 0.319 e. The number of phenolic OH excluding ortho intramolecular Hbond substituents is 1. The summed E-state index contributed by atoms with van der Waals surface area (Å²) in [4.78, 5) is 17.8. The van der Waals surface area contributed by atoms with Crippen LogP contribution in [0.2, 0.25) is 0 Å². The van der Waals surface area contributed by atoms with E-state index in [4.69, 9.17) is 16.1 Å². The van der Waals surface area contributed by atoms with E-state index in [-0.39, 0.29) is 51.7 Å². The highest BCUT2D eigenvalue weighted by Gasteiger charge is 2.49. The topological polar surface area (TPSA) is 91.7 Å². The number of benzene rings is 2. The summed E-state index contributed by atoms with van der Waals surface area (Å²) in [6.45, 7) is 5.93. The number of phenols is 1. The number of alkyl halides is 1. The molecule has 0 radical (unpaired) electrons. The van der Waals surface area contributed by atoms with Gasteiger partial charge in [-0.25, -0.2) is 13.2 Å². The second-order valence-electron chi connectivity index (χ2n) is 13.2. The van der Waals surface area contributed by atoms with Gasteiger partial charge in [0, 0.05) is 48.9 Å². The summed E-state index contributed by atoms with van der Waals surface area (Å²) in [6, 6.07) is 5.33. The van der Waals surface area contributed by atoms with Gasteiger partial charge in [-0.3, -0.25) is 9.88 Å². The Labute approximate surface area is 265 Å². The molecule has 3 fully saturated rings. The molecule has 7 rings (SSSR count). The van der Waals surface area contributed by atoms with Crippen molar-refractivity contribution in [2.75, 3.05) is 51.0 Å². The Morgan fingerprint density at radius 3 is 2.78 bits per heavy atom. The Balaban J connectivity index is 1.38. The third-order valence-electron chi connectivity index (χ3n) is 9.90. The Morgan fingerprint density at radius 2 is 2.00 bits per heavy atom. The number of nitrogens with zero attached hydrogens (tertiary/aromatic N) is 5. The van der Waals surface area contributed by atoms with Crippen molar-refractivity contribution in [3.63, 3.8) is 0 Å². The Bertz CT molecular complexity index is 1960. The van der Waals surface area contributed by atoms with Crippen LogP contribution in [-0.2, 0) is 4.57 Å². The van der Waals surface area contributed by atoms with Crippen LogP contribution in [0.5, 0.6) is 11.8 Å². The molecule has 0 amide bonds. The molecular weight excluding hydrogens is 614 g/mol. The predicted octanol–water partition coefficient (Wildman–Crippen LogP) is 6.36. The molecule has 1 unspecified atom stereocenters. The fourth-order valence-electron chi connectivity index (χ4n) is 7.57. The fraction of sp³-hybridized carbons (Fsp3) is 0.441. The third-order valence-corrected chi connectivity index (χ3v) is 12.1. The molecule has 2 aromatic heterocycles. The zero-order chi connectivity index (χ0) is 32.4. The average Bonchev–Trinajstić information content (AvgIpc) is 3.55. The first-order chi connectivity index (χ1) is 22.0. The largest absolute Gasteiger partial charge is 0.508 e. The summed E-state index contributed by atoms with van der Waals surface area (Å²) in [6.07, 6.45) is 9.84. The lowest BCUT2D eigenvalue weighted by Crippen LogP contribution is -2.43. The highest BCUT2D eigenvalue weighted by atomic mass is 31.2.